The highest BCUT2D eigenvalue weighted by Gasteiger charge is 1.80. The number of hydrogen-bond donors (Lipinski definition) is 2. The molecular formula is C8H14N2. The Bertz CT molecular complexity index is 149. The molecule has 0 saturated heterocycles. The lowest BCUT2D eigenvalue weighted by molar-refractivity contribution is 1.07. The molecule has 0 atom stereocenters. The molecule has 0 unspecified atom stereocenters. The van der Waals surface area contributed by atoms with Crippen LogP contribution in [0.25, 0.3) is 0 Å². The quantitative estimate of drug-likeness (QED) is 0.600. The topological polar surface area (TPSA) is 52.0 Å². The molecule has 0 bridgehead atoms. The average molecular weight is 138 g/mol. The Morgan fingerprint density at radius 2 is 1.60 bits per heavy atom. The van der Waals surface area contributed by atoms with Gasteiger partial charge in [0.2, 0.25) is 0 Å². The first-order valence-corrected chi connectivity index (χ1v) is 3.25. The fourth-order valence-corrected chi connectivity index (χ4v) is 0.614. The predicted octanol–water partition coefficient (Wildman–Crippen LogP) is 0.720. The molecule has 0 aromatic heterocycles. The van der Waals surface area contributed by atoms with Gasteiger partial charge in [-0.3, -0.25) is 0 Å². The van der Waals surface area contributed by atoms with E-state index in [1.165, 1.54) is 12.6 Å². The van der Waals surface area contributed by atoms with Crippen LogP contribution >= 0.6 is 0 Å². The third-order valence-corrected chi connectivity index (χ3v) is 1.08. The van der Waals surface area contributed by atoms with Crippen molar-refractivity contribution in [2.45, 2.75) is 6.54 Å². The van der Waals surface area contributed by atoms with E-state index in [-0.39, 0.29) is 0 Å². The molecule has 0 aliphatic rings. The molecule has 0 saturated carbocycles. The summed E-state index contributed by atoms with van der Waals surface area (Å²) in [6.45, 7) is 0.640. The van der Waals surface area contributed by atoms with E-state index in [1.54, 1.807) is 0 Å². The summed E-state index contributed by atoms with van der Waals surface area (Å²) >= 11 is 0. The first kappa shape index (κ1) is 9.14. The smallest absolute Gasteiger partial charge is 0.0178 e. The van der Waals surface area contributed by atoms with Crippen molar-refractivity contribution in [1.82, 2.24) is 0 Å². The first-order valence-electron chi connectivity index (χ1n) is 3.25. The molecule has 1 aromatic rings. The summed E-state index contributed by atoms with van der Waals surface area (Å²) in [4.78, 5) is 0. The predicted molar refractivity (Wildman–Crippen MR) is 44.4 cm³/mol. The number of benzene rings is 1. The SMILES string of the molecule is CN.NCc1ccccc1. The minimum Gasteiger partial charge on any atom is -0.333 e. The van der Waals surface area contributed by atoms with E-state index >= 15 is 0 Å². The summed E-state index contributed by atoms with van der Waals surface area (Å²) in [6.07, 6.45) is 0. The van der Waals surface area contributed by atoms with Crippen molar-refractivity contribution in [3.63, 3.8) is 0 Å². The van der Waals surface area contributed by atoms with Crippen molar-refractivity contribution in [1.29, 1.82) is 0 Å². The Balaban J connectivity index is 0.000000371. The molecule has 1 rings (SSSR count). The normalized spacial score (nSPS) is 7.90. The van der Waals surface area contributed by atoms with E-state index in [2.05, 4.69) is 5.73 Å². The zero-order chi connectivity index (χ0) is 7.82. The van der Waals surface area contributed by atoms with E-state index in [4.69, 9.17) is 5.73 Å². The van der Waals surface area contributed by atoms with Gasteiger partial charge in [0.1, 0.15) is 0 Å². The van der Waals surface area contributed by atoms with Crippen molar-refractivity contribution in [3.05, 3.63) is 35.9 Å². The van der Waals surface area contributed by atoms with Gasteiger partial charge in [-0.2, -0.15) is 0 Å². The van der Waals surface area contributed by atoms with Gasteiger partial charge in [0, 0.05) is 6.54 Å². The monoisotopic (exact) mass is 138 g/mol. The lowest BCUT2D eigenvalue weighted by Crippen LogP contribution is -1.94. The van der Waals surface area contributed by atoms with E-state index in [0.717, 1.165) is 0 Å². The number of rotatable bonds is 1. The molecule has 56 valence electrons. The summed E-state index contributed by atoms with van der Waals surface area (Å²) in [5.74, 6) is 0. The van der Waals surface area contributed by atoms with Gasteiger partial charge in [-0.15, -0.1) is 0 Å². The van der Waals surface area contributed by atoms with Gasteiger partial charge in [0.05, 0.1) is 0 Å². The third kappa shape index (κ3) is 3.22. The lowest BCUT2D eigenvalue weighted by atomic mass is 10.2. The summed E-state index contributed by atoms with van der Waals surface area (Å²) in [5.41, 5.74) is 11.0. The highest BCUT2D eigenvalue weighted by atomic mass is 14.5. The van der Waals surface area contributed by atoms with Gasteiger partial charge >= 0.3 is 0 Å². The Kier molecular flexibility index (Phi) is 5.72. The van der Waals surface area contributed by atoms with Crippen molar-refractivity contribution in [2.75, 3.05) is 7.05 Å². The second-order valence-electron chi connectivity index (χ2n) is 1.69. The minimum atomic E-state index is 0.640. The van der Waals surface area contributed by atoms with Crippen molar-refractivity contribution < 1.29 is 0 Å². The van der Waals surface area contributed by atoms with Crippen LogP contribution in [0.15, 0.2) is 30.3 Å². The maximum Gasteiger partial charge on any atom is 0.0178 e. The van der Waals surface area contributed by atoms with Gasteiger partial charge < -0.3 is 11.5 Å². The molecule has 0 radical (unpaired) electrons. The molecule has 0 aliphatic heterocycles. The van der Waals surface area contributed by atoms with Crippen LogP contribution < -0.4 is 11.5 Å². The standard InChI is InChI=1S/C7H9N.CH5N/c8-6-7-4-2-1-3-5-7;1-2/h1-5H,6,8H2;2H2,1H3. The molecule has 0 aliphatic carbocycles. The Labute approximate surface area is 61.8 Å². The van der Waals surface area contributed by atoms with Crippen LogP contribution in [-0.4, -0.2) is 7.05 Å². The second kappa shape index (κ2) is 6.26. The average Bonchev–Trinajstić information content (AvgIpc) is 2.10. The summed E-state index contributed by atoms with van der Waals surface area (Å²) in [5, 5.41) is 0. The van der Waals surface area contributed by atoms with E-state index in [0.29, 0.717) is 6.54 Å². The largest absolute Gasteiger partial charge is 0.333 e. The van der Waals surface area contributed by atoms with Crippen molar-refractivity contribution in [3.8, 4) is 0 Å². The number of hydrogen-bond acceptors (Lipinski definition) is 2. The van der Waals surface area contributed by atoms with Crippen LogP contribution in [0.1, 0.15) is 5.56 Å². The third-order valence-electron chi connectivity index (χ3n) is 1.08. The minimum absolute atomic E-state index is 0.640. The van der Waals surface area contributed by atoms with Crippen LogP contribution in [0.5, 0.6) is 0 Å². The van der Waals surface area contributed by atoms with Gasteiger partial charge in [-0.1, -0.05) is 30.3 Å². The number of nitrogens with two attached hydrogens (primary N) is 2. The summed E-state index contributed by atoms with van der Waals surface area (Å²) in [6, 6.07) is 9.99. The van der Waals surface area contributed by atoms with Crippen LogP contribution in [0.3, 0.4) is 0 Å². The zero-order valence-electron chi connectivity index (χ0n) is 6.25. The van der Waals surface area contributed by atoms with E-state index in [9.17, 15) is 0 Å². The zero-order valence-corrected chi connectivity index (χ0v) is 6.25. The van der Waals surface area contributed by atoms with Gasteiger partial charge in [-0.25, -0.2) is 0 Å². The van der Waals surface area contributed by atoms with Crippen molar-refractivity contribution >= 4 is 0 Å². The maximum absolute atomic E-state index is 5.35. The van der Waals surface area contributed by atoms with Crippen LogP contribution in [0.4, 0.5) is 0 Å². The molecule has 2 nitrogen and oxygen atoms in total. The summed E-state index contributed by atoms with van der Waals surface area (Å²) in [7, 11) is 1.50. The Morgan fingerprint density at radius 1 is 1.10 bits per heavy atom. The molecule has 1 aromatic carbocycles. The molecule has 4 N–H and O–H groups in total. The van der Waals surface area contributed by atoms with Crippen LogP contribution in [0.2, 0.25) is 0 Å². The van der Waals surface area contributed by atoms with Gasteiger partial charge in [0.15, 0.2) is 0 Å². The van der Waals surface area contributed by atoms with Gasteiger partial charge in [0.25, 0.3) is 0 Å². The van der Waals surface area contributed by atoms with Crippen LogP contribution in [0, 0.1) is 0 Å². The fraction of sp³-hybridized carbons (Fsp3) is 0.250. The molecule has 0 spiro atoms. The van der Waals surface area contributed by atoms with Crippen molar-refractivity contribution in [2.24, 2.45) is 11.5 Å². The summed E-state index contributed by atoms with van der Waals surface area (Å²) < 4.78 is 0. The van der Waals surface area contributed by atoms with E-state index in [1.807, 2.05) is 30.3 Å². The van der Waals surface area contributed by atoms with E-state index < -0.39 is 0 Å². The highest BCUT2D eigenvalue weighted by molar-refractivity contribution is 5.13. The van der Waals surface area contributed by atoms with Crippen LogP contribution in [-0.2, 0) is 6.54 Å². The fourth-order valence-electron chi connectivity index (χ4n) is 0.614. The molecule has 2 heteroatoms. The molecule has 10 heavy (non-hydrogen) atoms. The lowest BCUT2D eigenvalue weighted by Gasteiger charge is -1.90. The van der Waals surface area contributed by atoms with Gasteiger partial charge in [-0.05, 0) is 12.6 Å². The maximum atomic E-state index is 5.35. The Morgan fingerprint density at radius 3 is 1.90 bits per heavy atom. The molecular weight excluding hydrogens is 124 g/mol. The first-order chi connectivity index (χ1) is 4.93. The second-order valence-corrected chi connectivity index (χ2v) is 1.69. The highest BCUT2D eigenvalue weighted by Crippen LogP contribution is 1.94. The molecule has 0 heterocycles. The molecule has 0 fully saturated rings. The molecule has 0 amide bonds. The Hall–Kier alpha value is -0.860.